The molecule has 0 aliphatic carbocycles. The van der Waals surface area contributed by atoms with Crippen molar-refractivity contribution in [3.05, 3.63) is 46.4 Å². The number of hydrogen-bond donors (Lipinski definition) is 1. The van der Waals surface area contributed by atoms with Crippen LogP contribution in [0.4, 0.5) is 14.5 Å². The van der Waals surface area contributed by atoms with E-state index < -0.39 is 22.8 Å². The van der Waals surface area contributed by atoms with E-state index in [4.69, 9.17) is 5.73 Å². The fraction of sp³-hybridized carbons (Fsp3) is 0.133. The van der Waals surface area contributed by atoms with Crippen molar-refractivity contribution < 1.29 is 8.78 Å². The van der Waals surface area contributed by atoms with Gasteiger partial charge in [-0.3, -0.25) is 9.36 Å². The van der Waals surface area contributed by atoms with Crippen molar-refractivity contribution in [2.75, 3.05) is 12.0 Å². The molecule has 5 nitrogen and oxygen atoms in total. The maximum atomic E-state index is 14.2. The summed E-state index contributed by atoms with van der Waals surface area (Å²) in [6.07, 6.45) is 3.32. The average Bonchev–Trinajstić information content (AvgIpc) is 2.55. The molecule has 0 bridgehead atoms. The Kier molecular flexibility index (Phi) is 3.77. The predicted octanol–water partition coefficient (Wildman–Crippen LogP) is 2.58. The van der Waals surface area contributed by atoms with Gasteiger partial charge in [-0.25, -0.2) is 18.7 Å². The second kappa shape index (κ2) is 5.62. The Morgan fingerprint density at radius 2 is 2.04 bits per heavy atom. The number of benzene rings is 1. The quantitative estimate of drug-likeness (QED) is 0.443. The summed E-state index contributed by atoms with van der Waals surface area (Å²) in [5.74, 6) is -1.81. The summed E-state index contributed by atoms with van der Waals surface area (Å²) in [7, 11) is 1.49. The molecule has 8 heteroatoms. The zero-order chi connectivity index (χ0) is 16.7. The Morgan fingerprint density at radius 1 is 1.30 bits per heavy atom. The lowest BCUT2D eigenvalue weighted by atomic mass is 10.0. The molecule has 118 valence electrons. The molecule has 2 aromatic heterocycles. The van der Waals surface area contributed by atoms with Crippen molar-refractivity contribution in [2.45, 2.75) is 5.16 Å². The smallest absolute Gasteiger partial charge is 0.260 e. The van der Waals surface area contributed by atoms with E-state index in [1.165, 1.54) is 35.6 Å². The number of thioether (sulfide) groups is 1. The van der Waals surface area contributed by atoms with E-state index in [1.54, 1.807) is 0 Å². The maximum Gasteiger partial charge on any atom is 0.260 e. The maximum absolute atomic E-state index is 14.2. The number of nitrogen functional groups attached to an aromatic ring is 1. The van der Waals surface area contributed by atoms with Gasteiger partial charge in [-0.2, -0.15) is 0 Å². The van der Waals surface area contributed by atoms with Gasteiger partial charge in [0, 0.05) is 18.6 Å². The first-order chi connectivity index (χ1) is 10.9. The van der Waals surface area contributed by atoms with Crippen molar-refractivity contribution in [3.63, 3.8) is 0 Å². The fourth-order valence-electron chi connectivity index (χ4n) is 2.32. The molecule has 0 aliphatic rings. The van der Waals surface area contributed by atoms with Gasteiger partial charge in [-0.1, -0.05) is 11.8 Å². The summed E-state index contributed by atoms with van der Waals surface area (Å²) in [6, 6.07) is 3.53. The Morgan fingerprint density at radius 3 is 2.74 bits per heavy atom. The Hall–Kier alpha value is -2.48. The van der Waals surface area contributed by atoms with Gasteiger partial charge in [-0.15, -0.1) is 0 Å². The Labute approximate surface area is 134 Å². The minimum atomic E-state index is -0.955. The number of aryl methyl sites for hydroxylation is 1. The number of hydrogen-bond acceptors (Lipinski definition) is 5. The predicted molar refractivity (Wildman–Crippen MR) is 86.3 cm³/mol. The number of nitrogens with two attached hydrogens (primary N) is 1. The molecule has 0 spiro atoms. The highest BCUT2D eigenvalue weighted by molar-refractivity contribution is 7.98. The van der Waals surface area contributed by atoms with Gasteiger partial charge >= 0.3 is 0 Å². The molecule has 0 aliphatic heterocycles. The van der Waals surface area contributed by atoms with E-state index in [9.17, 15) is 13.6 Å². The van der Waals surface area contributed by atoms with Gasteiger partial charge in [0.2, 0.25) is 0 Å². The SMILES string of the molecule is CSc1ncc2cc(-c3c(F)ccc(N)c3F)c(=O)n(C)c2n1. The third-order valence-electron chi connectivity index (χ3n) is 3.50. The molecule has 23 heavy (non-hydrogen) atoms. The summed E-state index contributed by atoms with van der Waals surface area (Å²) in [5.41, 5.74) is 4.53. The van der Waals surface area contributed by atoms with Crippen LogP contribution in [0, 0.1) is 11.6 Å². The van der Waals surface area contributed by atoms with Gasteiger partial charge in [0.05, 0.1) is 16.8 Å². The normalized spacial score (nSPS) is 11.1. The molecule has 2 N–H and O–H groups in total. The van der Waals surface area contributed by atoms with Gasteiger partial charge in [0.15, 0.2) is 11.0 Å². The highest BCUT2D eigenvalue weighted by Gasteiger charge is 2.19. The zero-order valence-electron chi connectivity index (χ0n) is 12.3. The molecule has 0 fully saturated rings. The number of fused-ring (bicyclic) bond motifs is 1. The highest BCUT2D eigenvalue weighted by Crippen LogP contribution is 2.28. The van der Waals surface area contributed by atoms with Crippen molar-refractivity contribution in [2.24, 2.45) is 7.05 Å². The van der Waals surface area contributed by atoms with Crippen LogP contribution in [0.15, 0.2) is 34.3 Å². The minimum Gasteiger partial charge on any atom is -0.396 e. The summed E-state index contributed by atoms with van der Waals surface area (Å²) >= 11 is 1.33. The lowest BCUT2D eigenvalue weighted by molar-refractivity contribution is 0.592. The molecule has 0 amide bonds. The molecule has 3 rings (SSSR count). The van der Waals surface area contributed by atoms with Crippen LogP contribution in [0.5, 0.6) is 0 Å². The topological polar surface area (TPSA) is 73.8 Å². The first kappa shape index (κ1) is 15.4. The first-order valence-corrected chi connectivity index (χ1v) is 7.81. The summed E-state index contributed by atoms with van der Waals surface area (Å²) < 4.78 is 29.5. The number of anilines is 1. The minimum absolute atomic E-state index is 0.122. The number of nitrogens with zero attached hydrogens (tertiary/aromatic N) is 3. The van der Waals surface area contributed by atoms with E-state index in [1.807, 2.05) is 6.26 Å². The molecular weight excluding hydrogens is 322 g/mol. The largest absolute Gasteiger partial charge is 0.396 e. The number of rotatable bonds is 2. The number of aromatic nitrogens is 3. The van der Waals surface area contributed by atoms with Crippen LogP contribution in [0.3, 0.4) is 0 Å². The molecule has 0 atom stereocenters. The van der Waals surface area contributed by atoms with Crippen LogP contribution in [-0.2, 0) is 7.05 Å². The van der Waals surface area contributed by atoms with Crippen LogP contribution < -0.4 is 11.3 Å². The van der Waals surface area contributed by atoms with Crippen LogP contribution in [0.1, 0.15) is 0 Å². The standard InChI is InChI=1S/C15H12F2N4OS/c1-21-13-7(6-19-15(20-13)23-2)5-8(14(21)22)11-9(16)3-4-10(18)12(11)17/h3-6H,18H2,1-2H3. The van der Waals surface area contributed by atoms with Crippen molar-refractivity contribution in [1.82, 2.24) is 14.5 Å². The zero-order valence-corrected chi connectivity index (χ0v) is 13.1. The number of halogens is 2. The van der Waals surface area contributed by atoms with Crippen molar-refractivity contribution in [1.29, 1.82) is 0 Å². The van der Waals surface area contributed by atoms with Gasteiger partial charge < -0.3 is 5.73 Å². The lowest BCUT2D eigenvalue weighted by Crippen LogP contribution is -2.21. The highest BCUT2D eigenvalue weighted by atomic mass is 32.2. The molecule has 0 saturated heterocycles. The van der Waals surface area contributed by atoms with Crippen LogP contribution in [0.2, 0.25) is 0 Å². The first-order valence-electron chi connectivity index (χ1n) is 6.58. The van der Waals surface area contributed by atoms with Crippen LogP contribution >= 0.6 is 11.8 Å². The Bertz CT molecular complexity index is 987. The van der Waals surface area contributed by atoms with E-state index in [-0.39, 0.29) is 11.3 Å². The van der Waals surface area contributed by atoms with Crippen LogP contribution in [-0.4, -0.2) is 20.8 Å². The summed E-state index contributed by atoms with van der Waals surface area (Å²) in [5, 5.41) is 1.00. The summed E-state index contributed by atoms with van der Waals surface area (Å²) in [6.45, 7) is 0. The van der Waals surface area contributed by atoms with Gasteiger partial charge in [0.25, 0.3) is 5.56 Å². The molecule has 0 saturated carbocycles. The molecular formula is C15H12F2N4OS. The van der Waals surface area contributed by atoms with E-state index in [0.717, 1.165) is 12.1 Å². The molecule has 2 heterocycles. The fourth-order valence-corrected chi connectivity index (χ4v) is 2.66. The van der Waals surface area contributed by atoms with Gasteiger partial charge in [-0.05, 0) is 24.5 Å². The molecule has 0 radical (unpaired) electrons. The van der Waals surface area contributed by atoms with Gasteiger partial charge in [0.1, 0.15) is 11.5 Å². The summed E-state index contributed by atoms with van der Waals surface area (Å²) in [4.78, 5) is 20.9. The van der Waals surface area contributed by atoms with E-state index in [0.29, 0.717) is 16.2 Å². The molecule has 1 aromatic carbocycles. The van der Waals surface area contributed by atoms with E-state index in [2.05, 4.69) is 9.97 Å². The van der Waals surface area contributed by atoms with E-state index >= 15 is 0 Å². The molecule has 3 aromatic rings. The molecule has 0 unspecified atom stereocenters. The Balaban J connectivity index is 2.39. The van der Waals surface area contributed by atoms with Crippen molar-refractivity contribution >= 4 is 28.5 Å². The second-order valence-corrected chi connectivity index (χ2v) is 5.66. The van der Waals surface area contributed by atoms with Crippen molar-refractivity contribution in [3.8, 4) is 11.1 Å². The second-order valence-electron chi connectivity index (χ2n) is 4.88. The third-order valence-corrected chi connectivity index (χ3v) is 4.06. The average molecular weight is 334 g/mol. The lowest BCUT2D eigenvalue weighted by Gasteiger charge is -2.11. The third kappa shape index (κ3) is 2.44. The monoisotopic (exact) mass is 334 g/mol. The number of pyridine rings is 1. The van der Waals surface area contributed by atoms with Crippen LogP contribution in [0.25, 0.3) is 22.2 Å².